The SMILES string of the molecule is CN(C[C@H]1CCN(C(=O)OC(C)(C)C)C1)c1ccccn1. The molecule has 1 aliphatic rings. The summed E-state index contributed by atoms with van der Waals surface area (Å²) in [5, 5.41) is 0. The van der Waals surface area contributed by atoms with Crippen molar-refractivity contribution in [3.8, 4) is 0 Å². The lowest BCUT2D eigenvalue weighted by molar-refractivity contribution is 0.0288. The molecule has 0 aromatic carbocycles. The molecule has 5 nitrogen and oxygen atoms in total. The van der Waals surface area contributed by atoms with Gasteiger partial charge in [-0.3, -0.25) is 0 Å². The molecule has 2 heterocycles. The quantitative estimate of drug-likeness (QED) is 0.859. The molecule has 1 fully saturated rings. The smallest absolute Gasteiger partial charge is 0.410 e. The summed E-state index contributed by atoms with van der Waals surface area (Å²) in [6, 6.07) is 5.90. The van der Waals surface area contributed by atoms with Crippen LogP contribution in [0.25, 0.3) is 0 Å². The highest BCUT2D eigenvalue weighted by atomic mass is 16.6. The van der Waals surface area contributed by atoms with Crippen LogP contribution in [0.5, 0.6) is 0 Å². The minimum absolute atomic E-state index is 0.203. The first-order valence-corrected chi connectivity index (χ1v) is 7.45. The van der Waals surface area contributed by atoms with E-state index in [9.17, 15) is 4.79 Å². The maximum atomic E-state index is 12.0. The molecule has 1 aliphatic heterocycles. The molecule has 0 radical (unpaired) electrons. The molecule has 1 saturated heterocycles. The lowest BCUT2D eigenvalue weighted by Gasteiger charge is -2.25. The normalized spacial score (nSPS) is 18.7. The standard InChI is InChI=1S/C16H25N3O2/c1-16(2,3)21-15(20)19-10-8-13(12-19)11-18(4)14-7-5-6-9-17-14/h5-7,9,13H,8,10-12H2,1-4H3/t13-/m1/s1. The summed E-state index contributed by atoms with van der Waals surface area (Å²) >= 11 is 0. The molecule has 21 heavy (non-hydrogen) atoms. The number of carbonyl (C=O) groups is 1. The van der Waals surface area contributed by atoms with Crippen molar-refractivity contribution in [1.29, 1.82) is 0 Å². The zero-order valence-corrected chi connectivity index (χ0v) is 13.4. The minimum atomic E-state index is -0.431. The van der Waals surface area contributed by atoms with Crippen molar-refractivity contribution in [2.24, 2.45) is 5.92 Å². The molecule has 5 heteroatoms. The molecule has 2 rings (SSSR count). The van der Waals surface area contributed by atoms with Gasteiger partial charge in [0.05, 0.1) is 0 Å². The fraction of sp³-hybridized carbons (Fsp3) is 0.625. The second-order valence-corrected chi connectivity index (χ2v) is 6.65. The van der Waals surface area contributed by atoms with Gasteiger partial charge in [-0.1, -0.05) is 6.07 Å². The summed E-state index contributed by atoms with van der Waals surface area (Å²) in [6.45, 7) is 8.12. The van der Waals surface area contributed by atoms with Gasteiger partial charge in [-0.2, -0.15) is 0 Å². The molecule has 0 bridgehead atoms. The van der Waals surface area contributed by atoms with Crippen LogP contribution < -0.4 is 4.90 Å². The lowest BCUT2D eigenvalue weighted by atomic mass is 10.1. The number of rotatable bonds is 3. The van der Waals surface area contributed by atoms with Gasteiger partial charge in [0.15, 0.2) is 0 Å². The van der Waals surface area contributed by atoms with Crippen molar-refractivity contribution < 1.29 is 9.53 Å². The van der Waals surface area contributed by atoms with Gasteiger partial charge in [0.2, 0.25) is 0 Å². The Morgan fingerprint density at radius 3 is 2.86 bits per heavy atom. The van der Waals surface area contributed by atoms with Crippen molar-refractivity contribution in [2.75, 3.05) is 31.6 Å². The fourth-order valence-corrected chi connectivity index (χ4v) is 2.53. The summed E-state index contributed by atoms with van der Waals surface area (Å²) in [7, 11) is 2.04. The van der Waals surface area contributed by atoms with Gasteiger partial charge in [-0.05, 0) is 45.2 Å². The first-order chi connectivity index (χ1) is 9.85. The van der Waals surface area contributed by atoms with E-state index in [0.717, 1.165) is 31.9 Å². The minimum Gasteiger partial charge on any atom is -0.444 e. The zero-order chi connectivity index (χ0) is 15.5. The number of pyridine rings is 1. The maximum absolute atomic E-state index is 12.0. The van der Waals surface area contributed by atoms with E-state index >= 15 is 0 Å². The average molecular weight is 291 g/mol. The Bertz CT molecular complexity index is 470. The van der Waals surface area contributed by atoms with Gasteiger partial charge < -0.3 is 14.5 Å². The van der Waals surface area contributed by atoms with E-state index in [1.807, 2.05) is 50.9 Å². The molecule has 1 atom stereocenters. The number of ether oxygens (including phenoxy) is 1. The Balaban J connectivity index is 1.84. The van der Waals surface area contributed by atoms with Gasteiger partial charge >= 0.3 is 6.09 Å². The number of carbonyl (C=O) groups excluding carboxylic acids is 1. The molecule has 1 aromatic heterocycles. The Kier molecular flexibility index (Phi) is 4.70. The zero-order valence-electron chi connectivity index (χ0n) is 13.4. The summed E-state index contributed by atoms with van der Waals surface area (Å²) in [5.74, 6) is 1.43. The topological polar surface area (TPSA) is 45.7 Å². The predicted molar refractivity (Wildman–Crippen MR) is 83.4 cm³/mol. The molecule has 0 saturated carbocycles. The first-order valence-electron chi connectivity index (χ1n) is 7.45. The molecule has 0 unspecified atom stereocenters. The monoisotopic (exact) mass is 291 g/mol. The second-order valence-electron chi connectivity index (χ2n) is 6.65. The highest BCUT2D eigenvalue weighted by molar-refractivity contribution is 5.68. The van der Waals surface area contributed by atoms with Crippen molar-refractivity contribution >= 4 is 11.9 Å². The van der Waals surface area contributed by atoms with Crippen LogP contribution in [0.15, 0.2) is 24.4 Å². The number of hydrogen-bond donors (Lipinski definition) is 0. The van der Waals surface area contributed by atoms with Gasteiger partial charge in [-0.15, -0.1) is 0 Å². The average Bonchev–Trinajstić information content (AvgIpc) is 2.86. The summed E-state index contributed by atoms with van der Waals surface area (Å²) < 4.78 is 5.42. The van der Waals surface area contributed by atoms with E-state index in [4.69, 9.17) is 4.74 Å². The van der Waals surface area contributed by atoms with Crippen molar-refractivity contribution in [1.82, 2.24) is 9.88 Å². The number of likely N-dealkylation sites (tertiary alicyclic amines) is 1. The number of hydrogen-bond acceptors (Lipinski definition) is 4. The highest BCUT2D eigenvalue weighted by Gasteiger charge is 2.30. The lowest BCUT2D eigenvalue weighted by Crippen LogP contribution is -2.36. The number of aromatic nitrogens is 1. The molecule has 1 aromatic rings. The number of nitrogens with zero attached hydrogens (tertiary/aromatic N) is 3. The van der Waals surface area contributed by atoms with E-state index in [2.05, 4.69) is 9.88 Å². The van der Waals surface area contributed by atoms with Gasteiger partial charge in [0, 0.05) is 32.9 Å². The molecule has 116 valence electrons. The number of anilines is 1. The van der Waals surface area contributed by atoms with Crippen LogP contribution in [0.1, 0.15) is 27.2 Å². The summed E-state index contributed by atoms with van der Waals surface area (Å²) in [5.41, 5.74) is -0.431. The van der Waals surface area contributed by atoms with E-state index in [1.165, 1.54) is 0 Å². The van der Waals surface area contributed by atoms with Crippen molar-refractivity contribution in [3.63, 3.8) is 0 Å². The van der Waals surface area contributed by atoms with Crippen LogP contribution in [0.3, 0.4) is 0 Å². The summed E-state index contributed by atoms with van der Waals surface area (Å²) in [4.78, 5) is 20.3. The van der Waals surface area contributed by atoms with Gasteiger partial charge in [0.25, 0.3) is 0 Å². The third kappa shape index (κ3) is 4.62. The molecule has 0 spiro atoms. The van der Waals surface area contributed by atoms with Crippen LogP contribution in [0.2, 0.25) is 0 Å². The fourth-order valence-electron chi connectivity index (χ4n) is 2.53. The van der Waals surface area contributed by atoms with Gasteiger partial charge in [0.1, 0.15) is 11.4 Å². The van der Waals surface area contributed by atoms with Crippen molar-refractivity contribution in [3.05, 3.63) is 24.4 Å². The Labute approximate surface area is 126 Å². The first kappa shape index (κ1) is 15.6. The third-order valence-corrected chi connectivity index (χ3v) is 3.51. The third-order valence-electron chi connectivity index (χ3n) is 3.51. The maximum Gasteiger partial charge on any atom is 0.410 e. The van der Waals surface area contributed by atoms with Crippen molar-refractivity contribution in [2.45, 2.75) is 32.8 Å². The Hall–Kier alpha value is -1.78. The summed E-state index contributed by atoms with van der Waals surface area (Å²) in [6.07, 6.45) is 2.61. The van der Waals surface area contributed by atoms with Crippen LogP contribution >= 0.6 is 0 Å². The molecule has 1 amide bonds. The van der Waals surface area contributed by atoms with Crippen LogP contribution in [-0.4, -0.2) is 48.3 Å². The molecule has 0 N–H and O–H groups in total. The van der Waals surface area contributed by atoms with E-state index in [-0.39, 0.29) is 6.09 Å². The highest BCUT2D eigenvalue weighted by Crippen LogP contribution is 2.21. The van der Waals surface area contributed by atoms with Crippen LogP contribution in [0.4, 0.5) is 10.6 Å². The van der Waals surface area contributed by atoms with Crippen LogP contribution in [-0.2, 0) is 4.74 Å². The van der Waals surface area contributed by atoms with Crippen LogP contribution in [0, 0.1) is 5.92 Å². The second kappa shape index (κ2) is 6.33. The Morgan fingerprint density at radius 2 is 2.24 bits per heavy atom. The largest absolute Gasteiger partial charge is 0.444 e. The molecule has 0 aliphatic carbocycles. The van der Waals surface area contributed by atoms with E-state index in [1.54, 1.807) is 6.20 Å². The molecular formula is C16H25N3O2. The Morgan fingerprint density at radius 1 is 1.48 bits per heavy atom. The van der Waals surface area contributed by atoms with E-state index < -0.39 is 5.60 Å². The molecular weight excluding hydrogens is 266 g/mol. The van der Waals surface area contributed by atoms with E-state index in [0.29, 0.717) is 5.92 Å². The number of amides is 1. The van der Waals surface area contributed by atoms with Gasteiger partial charge in [-0.25, -0.2) is 9.78 Å². The predicted octanol–water partition coefficient (Wildman–Crippen LogP) is 2.77.